The summed E-state index contributed by atoms with van der Waals surface area (Å²) < 4.78 is 21.9. The van der Waals surface area contributed by atoms with Crippen LogP contribution in [0, 0.1) is 0 Å². The smallest absolute Gasteiger partial charge is 0.330 e. The number of benzene rings is 2. The summed E-state index contributed by atoms with van der Waals surface area (Å²) in [7, 11) is 0. The van der Waals surface area contributed by atoms with Crippen molar-refractivity contribution < 1.29 is 19.0 Å². The Kier molecular flexibility index (Phi) is 10.0. The van der Waals surface area contributed by atoms with Gasteiger partial charge in [0.15, 0.2) is 6.10 Å². The third-order valence-electron chi connectivity index (χ3n) is 3.20. The average Bonchev–Trinajstić information content (AvgIpc) is 2.59. The molecule has 0 aliphatic rings. The number of halogens is 6. The highest BCUT2D eigenvalue weighted by molar-refractivity contribution is 9.12. The van der Waals surface area contributed by atoms with Gasteiger partial charge in [-0.3, -0.25) is 0 Å². The number of hydrogen-bond acceptors (Lipinski definition) is 4. The van der Waals surface area contributed by atoms with Crippen molar-refractivity contribution in [2.24, 2.45) is 0 Å². The average molecular weight is 772 g/mol. The van der Waals surface area contributed by atoms with Crippen LogP contribution in [-0.2, 0) is 9.53 Å². The Labute approximate surface area is 213 Å². The number of rotatable bonds is 8. The molecule has 0 bridgehead atoms. The lowest BCUT2D eigenvalue weighted by atomic mass is 10.3. The Morgan fingerprint density at radius 2 is 1.18 bits per heavy atom. The molecule has 2 aromatic rings. The van der Waals surface area contributed by atoms with E-state index in [2.05, 4.69) is 102 Å². The third kappa shape index (κ3) is 7.12. The molecule has 0 spiro atoms. The number of carbonyl (C=O) groups is 1. The van der Waals surface area contributed by atoms with Crippen LogP contribution in [0.15, 0.2) is 63.8 Å². The molecule has 150 valence electrons. The Balaban J connectivity index is 2.12. The van der Waals surface area contributed by atoms with Crippen LogP contribution in [0.2, 0.25) is 0 Å². The molecule has 0 aliphatic carbocycles. The van der Waals surface area contributed by atoms with E-state index in [-0.39, 0.29) is 13.2 Å². The molecule has 0 aliphatic heterocycles. The van der Waals surface area contributed by atoms with Gasteiger partial charge in [-0.25, -0.2) is 4.79 Å². The monoisotopic (exact) mass is 766 g/mol. The molecule has 0 saturated heterocycles. The largest absolute Gasteiger partial charge is 0.487 e. The fourth-order valence-electron chi connectivity index (χ4n) is 2.01. The first-order valence-corrected chi connectivity index (χ1v) is 12.3. The van der Waals surface area contributed by atoms with Crippen LogP contribution in [0.3, 0.4) is 0 Å². The molecule has 10 heteroatoms. The molecule has 2 aromatic carbocycles. The lowest BCUT2D eigenvalue weighted by Crippen LogP contribution is -2.30. The van der Waals surface area contributed by atoms with Crippen LogP contribution >= 0.6 is 95.6 Å². The second-order valence-corrected chi connectivity index (χ2v) is 10.5. The second kappa shape index (κ2) is 11.5. The Bertz CT molecular complexity index is 779. The minimum Gasteiger partial charge on any atom is -0.487 e. The summed E-state index contributed by atoms with van der Waals surface area (Å²) in [5.74, 6) is 0.628. The van der Waals surface area contributed by atoms with Gasteiger partial charge >= 0.3 is 5.97 Å². The van der Waals surface area contributed by atoms with E-state index >= 15 is 0 Å². The first-order chi connectivity index (χ1) is 13.2. The molecule has 0 amide bonds. The Hall–Kier alpha value is 0.130. The van der Waals surface area contributed by atoms with Crippen molar-refractivity contribution in [3.05, 3.63) is 63.8 Å². The molecule has 2 rings (SSSR count). The zero-order chi connectivity index (χ0) is 20.8. The molecule has 4 nitrogen and oxygen atoms in total. The van der Waals surface area contributed by atoms with E-state index in [0.29, 0.717) is 11.5 Å². The quantitative estimate of drug-likeness (QED) is 0.203. The van der Waals surface area contributed by atoms with Crippen LogP contribution in [0.1, 0.15) is 0 Å². The SMILES string of the molecule is C=CC(=O)OC(COc1c(Br)cc(Br)cc1Br)COc1c(Br)cc(Br)cc1Br. The summed E-state index contributed by atoms with van der Waals surface area (Å²) in [6.45, 7) is 3.60. The predicted molar refractivity (Wildman–Crippen MR) is 130 cm³/mol. The molecule has 28 heavy (non-hydrogen) atoms. The van der Waals surface area contributed by atoms with E-state index in [1.54, 1.807) is 0 Å². The van der Waals surface area contributed by atoms with Gasteiger partial charge in [0.05, 0.1) is 17.9 Å². The maximum Gasteiger partial charge on any atom is 0.330 e. The van der Waals surface area contributed by atoms with Crippen molar-refractivity contribution in [1.82, 2.24) is 0 Å². The number of esters is 1. The highest BCUT2D eigenvalue weighted by Crippen LogP contribution is 2.38. The molecule has 0 atom stereocenters. The van der Waals surface area contributed by atoms with Crippen molar-refractivity contribution in [1.29, 1.82) is 0 Å². The second-order valence-electron chi connectivity index (χ2n) is 5.28. The van der Waals surface area contributed by atoms with Gasteiger partial charge < -0.3 is 14.2 Å². The molecule has 0 unspecified atom stereocenters. The van der Waals surface area contributed by atoms with E-state index in [9.17, 15) is 4.79 Å². The molecule has 0 heterocycles. The molecule has 0 N–H and O–H groups in total. The van der Waals surface area contributed by atoms with Crippen molar-refractivity contribution in [3.63, 3.8) is 0 Å². The number of carbonyl (C=O) groups excluding carboxylic acids is 1. The van der Waals surface area contributed by atoms with E-state index < -0.39 is 12.1 Å². The highest BCUT2D eigenvalue weighted by atomic mass is 79.9. The summed E-state index contributed by atoms with van der Waals surface area (Å²) in [5, 5.41) is 0. The van der Waals surface area contributed by atoms with Crippen molar-refractivity contribution in [3.8, 4) is 11.5 Å². The standard InChI is InChI=1S/C18H12Br6O4/c1-2-16(25)28-11(7-26-17-12(21)3-9(19)4-13(17)22)8-27-18-14(23)5-10(20)6-15(18)24/h2-6,11H,1,7-8H2. The van der Waals surface area contributed by atoms with Gasteiger partial charge in [0.1, 0.15) is 24.7 Å². The number of hydrogen-bond donors (Lipinski definition) is 0. The van der Waals surface area contributed by atoms with E-state index in [1.807, 2.05) is 24.3 Å². The molecule has 0 fully saturated rings. The van der Waals surface area contributed by atoms with Crippen LogP contribution in [0.25, 0.3) is 0 Å². The van der Waals surface area contributed by atoms with Gasteiger partial charge in [0, 0.05) is 15.0 Å². The Morgan fingerprint density at radius 1 is 0.821 bits per heavy atom. The minimum atomic E-state index is -0.657. The van der Waals surface area contributed by atoms with Gasteiger partial charge in [0.2, 0.25) is 0 Å². The summed E-state index contributed by atoms with van der Waals surface area (Å²) in [4.78, 5) is 11.7. The molecule has 0 radical (unpaired) electrons. The third-order valence-corrected chi connectivity index (χ3v) is 6.47. The normalized spacial score (nSPS) is 10.7. The van der Waals surface area contributed by atoms with Gasteiger partial charge in [-0.1, -0.05) is 38.4 Å². The summed E-state index contributed by atoms with van der Waals surface area (Å²) in [6, 6.07) is 7.43. The van der Waals surface area contributed by atoms with Crippen LogP contribution in [0.5, 0.6) is 11.5 Å². The maximum atomic E-state index is 11.7. The van der Waals surface area contributed by atoms with Gasteiger partial charge in [0.25, 0.3) is 0 Å². The first-order valence-electron chi connectivity index (χ1n) is 7.59. The fraction of sp³-hybridized carbons (Fsp3) is 0.167. The molecule has 0 saturated carbocycles. The van der Waals surface area contributed by atoms with E-state index in [1.165, 1.54) is 0 Å². The van der Waals surface area contributed by atoms with Gasteiger partial charge in [-0.15, -0.1) is 0 Å². The van der Waals surface area contributed by atoms with Crippen LogP contribution < -0.4 is 9.47 Å². The highest BCUT2D eigenvalue weighted by Gasteiger charge is 2.19. The zero-order valence-corrected chi connectivity index (χ0v) is 23.5. The first kappa shape index (κ1) is 24.4. The molecular weight excluding hydrogens is 760 g/mol. The Morgan fingerprint density at radius 3 is 1.50 bits per heavy atom. The lowest BCUT2D eigenvalue weighted by Gasteiger charge is -2.20. The van der Waals surface area contributed by atoms with E-state index in [0.717, 1.165) is 32.9 Å². The number of ether oxygens (including phenoxy) is 3. The predicted octanol–water partition coefficient (Wildman–Crippen LogP) is 7.82. The summed E-state index contributed by atoms with van der Waals surface area (Å²) >= 11 is 20.6. The van der Waals surface area contributed by atoms with Crippen molar-refractivity contribution >= 4 is 102 Å². The lowest BCUT2D eigenvalue weighted by molar-refractivity contribution is -0.146. The fourth-order valence-corrected chi connectivity index (χ4v) is 6.99. The maximum absolute atomic E-state index is 11.7. The van der Waals surface area contributed by atoms with Gasteiger partial charge in [-0.05, 0) is 88.0 Å². The van der Waals surface area contributed by atoms with Crippen LogP contribution in [-0.4, -0.2) is 25.3 Å². The van der Waals surface area contributed by atoms with Crippen LogP contribution in [0.4, 0.5) is 0 Å². The molecular formula is C18H12Br6O4. The summed E-state index contributed by atoms with van der Waals surface area (Å²) in [6.07, 6.45) is 0.444. The summed E-state index contributed by atoms with van der Waals surface area (Å²) in [5.41, 5.74) is 0. The topological polar surface area (TPSA) is 44.8 Å². The van der Waals surface area contributed by atoms with Crippen molar-refractivity contribution in [2.75, 3.05) is 13.2 Å². The molecule has 0 aromatic heterocycles. The van der Waals surface area contributed by atoms with Crippen molar-refractivity contribution in [2.45, 2.75) is 6.10 Å². The van der Waals surface area contributed by atoms with Gasteiger partial charge in [-0.2, -0.15) is 0 Å². The van der Waals surface area contributed by atoms with E-state index in [4.69, 9.17) is 14.2 Å². The zero-order valence-electron chi connectivity index (χ0n) is 14.0. The minimum absolute atomic E-state index is 0.0875.